The Kier molecular flexibility index (Phi) is 7.69. The van der Waals surface area contributed by atoms with Gasteiger partial charge in [-0.15, -0.1) is 0 Å². The smallest absolute Gasteiger partial charge is 0.312 e. The number of carbonyl (C=O) groups is 2. The number of carbonyl (C=O) groups excluding carboxylic acids is 2. The van der Waals surface area contributed by atoms with Gasteiger partial charge in [0, 0.05) is 6.54 Å². The second-order valence-electron chi connectivity index (χ2n) is 11.7. The van der Waals surface area contributed by atoms with Gasteiger partial charge in [0.1, 0.15) is 0 Å². The van der Waals surface area contributed by atoms with Gasteiger partial charge in [0.05, 0.1) is 18.6 Å². The van der Waals surface area contributed by atoms with Crippen LogP contribution in [0.1, 0.15) is 69.1 Å². The molecule has 1 amide bonds. The minimum Gasteiger partial charge on any atom is -0.490 e. The van der Waals surface area contributed by atoms with Gasteiger partial charge >= 0.3 is 5.97 Å². The summed E-state index contributed by atoms with van der Waals surface area (Å²) < 4.78 is 17.0. The van der Waals surface area contributed by atoms with Crippen LogP contribution < -0.4 is 14.8 Å². The van der Waals surface area contributed by atoms with Crippen LogP contribution >= 0.6 is 0 Å². The van der Waals surface area contributed by atoms with Crippen molar-refractivity contribution in [3.8, 4) is 11.5 Å². The van der Waals surface area contributed by atoms with Crippen LogP contribution in [0.3, 0.4) is 0 Å². The molecule has 0 saturated heterocycles. The average molecular weight is 520 g/mol. The van der Waals surface area contributed by atoms with Crippen molar-refractivity contribution in [2.24, 2.45) is 17.3 Å². The normalized spacial score (nSPS) is 27.1. The highest BCUT2D eigenvalue weighted by Gasteiger charge is 2.61. The van der Waals surface area contributed by atoms with Crippen LogP contribution in [0.4, 0.5) is 0 Å². The summed E-state index contributed by atoms with van der Waals surface area (Å²) >= 11 is 0. The number of ether oxygens (including phenoxy) is 3. The number of nitrogens with one attached hydrogen (secondary N) is 1. The van der Waals surface area contributed by atoms with Crippen LogP contribution in [0.2, 0.25) is 0 Å². The first-order chi connectivity index (χ1) is 18.3. The summed E-state index contributed by atoms with van der Waals surface area (Å²) in [6.45, 7) is 7.36. The van der Waals surface area contributed by atoms with E-state index >= 15 is 0 Å². The van der Waals surface area contributed by atoms with E-state index in [1.165, 1.54) is 30.4 Å². The predicted octanol–water partition coefficient (Wildman–Crippen LogP) is 5.53. The third-order valence-electron chi connectivity index (χ3n) is 8.84. The van der Waals surface area contributed by atoms with Gasteiger partial charge in [-0.1, -0.05) is 35.9 Å². The number of amides is 1. The summed E-state index contributed by atoms with van der Waals surface area (Å²) in [5.74, 6) is 2.14. The highest BCUT2D eigenvalue weighted by atomic mass is 16.5. The van der Waals surface area contributed by atoms with E-state index in [0.717, 1.165) is 30.6 Å². The number of hydrogen-bond acceptors (Lipinski definition) is 5. The molecule has 6 rings (SSSR count). The van der Waals surface area contributed by atoms with Crippen molar-refractivity contribution in [1.29, 1.82) is 0 Å². The van der Waals surface area contributed by atoms with Gasteiger partial charge in [0.25, 0.3) is 5.91 Å². The monoisotopic (exact) mass is 519 g/mol. The van der Waals surface area contributed by atoms with E-state index in [9.17, 15) is 9.59 Å². The van der Waals surface area contributed by atoms with Crippen LogP contribution in [0.15, 0.2) is 42.5 Å². The van der Waals surface area contributed by atoms with E-state index in [1.54, 1.807) is 0 Å². The zero-order chi connectivity index (χ0) is 26.8. The lowest BCUT2D eigenvalue weighted by Gasteiger charge is -2.61. The molecule has 4 bridgehead atoms. The van der Waals surface area contributed by atoms with E-state index < -0.39 is 5.41 Å². The molecule has 0 unspecified atom stereocenters. The van der Waals surface area contributed by atoms with Gasteiger partial charge in [-0.05, 0) is 106 Å². The Balaban J connectivity index is 1.15. The molecule has 0 spiro atoms. The molecule has 6 heteroatoms. The highest BCUT2D eigenvalue weighted by molar-refractivity contribution is 5.83. The lowest BCUT2D eigenvalue weighted by molar-refractivity contribution is -0.175. The van der Waals surface area contributed by atoms with E-state index in [2.05, 4.69) is 36.5 Å². The summed E-state index contributed by atoms with van der Waals surface area (Å²) in [6.07, 6.45) is 6.85. The first-order valence-electron chi connectivity index (χ1n) is 14.2. The molecule has 38 heavy (non-hydrogen) atoms. The molecule has 2 aromatic rings. The number of hydrogen-bond donors (Lipinski definition) is 1. The van der Waals surface area contributed by atoms with Crippen LogP contribution in [-0.2, 0) is 26.2 Å². The predicted molar refractivity (Wildman–Crippen MR) is 146 cm³/mol. The first kappa shape index (κ1) is 26.6. The number of rotatable bonds is 11. The van der Waals surface area contributed by atoms with Gasteiger partial charge < -0.3 is 19.5 Å². The molecule has 0 heterocycles. The Morgan fingerprint density at radius 2 is 1.61 bits per heavy atom. The molecule has 6 nitrogen and oxygen atoms in total. The molecule has 4 fully saturated rings. The largest absolute Gasteiger partial charge is 0.490 e. The minimum absolute atomic E-state index is 0.0666. The Morgan fingerprint density at radius 1 is 0.921 bits per heavy atom. The van der Waals surface area contributed by atoms with E-state index in [-0.39, 0.29) is 23.9 Å². The van der Waals surface area contributed by atoms with Crippen LogP contribution in [0.25, 0.3) is 0 Å². The second-order valence-corrected chi connectivity index (χ2v) is 11.7. The topological polar surface area (TPSA) is 73.9 Å². The molecule has 4 aliphatic carbocycles. The number of benzene rings is 2. The third-order valence-corrected chi connectivity index (χ3v) is 8.84. The van der Waals surface area contributed by atoms with Gasteiger partial charge in [-0.2, -0.15) is 0 Å². The van der Waals surface area contributed by atoms with Crippen LogP contribution in [-0.4, -0.2) is 38.2 Å². The molecular weight excluding hydrogens is 478 g/mol. The van der Waals surface area contributed by atoms with Crippen molar-refractivity contribution in [3.05, 3.63) is 59.2 Å². The summed E-state index contributed by atoms with van der Waals surface area (Å²) in [5.41, 5.74) is 3.29. The molecular formula is C32H41NO5. The standard InChI is InChI=1S/C32H41NO5/c1-4-36-27-11-8-23(15-28(27)37-5-2)12-13-33-29(34)20-38-30(35)32-18-24-14-25(19-32)17-31(16-24,21-32)26-9-6-22(3)7-10-26/h6-11,15,24-25H,4-5,12-14,16-21H2,1-3H3,(H,33,34)/t24-,25-,31?,32?/m0/s1. The van der Waals surface area contributed by atoms with Crippen LogP contribution in [0, 0.1) is 24.2 Å². The Bertz CT molecular complexity index is 1140. The summed E-state index contributed by atoms with van der Waals surface area (Å²) in [7, 11) is 0. The molecule has 1 N–H and O–H groups in total. The fourth-order valence-electron chi connectivity index (χ4n) is 7.68. The zero-order valence-corrected chi connectivity index (χ0v) is 23.0. The molecule has 2 atom stereocenters. The molecule has 0 aliphatic heterocycles. The van der Waals surface area contributed by atoms with Crippen molar-refractivity contribution in [3.63, 3.8) is 0 Å². The Labute approximate surface area is 226 Å². The number of esters is 1. The van der Waals surface area contributed by atoms with E-state index in [4.69, 9.17) is 14.2 Å². The zero-order valence-electron chi connectivity index (χ0n) is 23.0. The Morgan fingerprint density at radius 3 is 2.29 bits per heavy atom. The lowest BCUT2D eigenvalue weighted by atomic mass is 9.43. The maximum atomic E-state index is 13.5. The maximum absolute atomic E-state index is 13.5. The average Bonchev–Trinajstić information content (AvgIpc) is 2.88. The third kappa shape index (κ3) is 5.41. The Hall–Kier alpha value is -3.02. The summed E-state index contributed by atoms with van der Waals surface area (Å²) in [5, 5.41) is 2.90. The van der Waals surface area contributed by atoms with Gasteiger partial charge in [0.15, 0.2) is 18.1 Å². The first-order valence-corrected chi connectivity index (χ1v) is 14.2. The SMILES string of the molecule is CCOc1ccc(CCNC(=O)COC(=O)C23C[C@H]4C[C@H](C2)CC(c2ccc(C)cc2)(C4)C3)cc1OCC. The second kappa shape index (κ2) is 11.0. The highest BCUT2D eigenvalue weighted by Crippen LogP contribution is 2.66. The van der Waals surface area contributed by atoms with Gasteiger partial charge in [-0.3, -0.25) is 9.59 Å². The molecule has 0 aromatic heterocycles. The van der Waals surface area contributed by atoms with Crippen molar-refractivity contribution >= 4 is 11.9 Å². The minimum atomic E-state index is -0.451. The van der Waals surface area contributed by atoms with Crippen molar-refractivity contribution in [2.75, 3.05) is 26.4 Å². The van der Waals surface area contributed by atoms with E-state index in [1.807, 2.05) is 32.0 Å². The number of aryl methyl sites for hydroxylation is 1. The lowest BCUT2D eigenvalue weighted by Crippen LogP contribution is -2.57. The molecule has 4 aliphatic rings. The fourth-order valence-corrected chi connectivity index (χ4v) is 7.68. The van der Waals surface area contributed by atoms with Gasteiger partial charge in [-0.25, -0.2) is 0 Å². The summed E-state index contributed by atoms with van der Waals surface area (Å²) in [4.78, 5) is 26.0. The quantitative estimate of drug-likeness (QED) is 0.395. The van der Waals surface area contributed by atoms with Crippen LogP contribution in [0.5, 0.6) is 11.5 Å². The van der Waals surface area contributed by atoms with Crippen molar-refractivity contribution in [1.82, 2.24) is 5.32 Å². The van der Waals surface area contributed by atoms with Crippen molar-refractivity contribution < 1.29 is 23.8 Å². The summed E-state index contributed by atoms with van der Waals surface area (Å²) in [6, 6.07) is 14.7. The molecule has 4 saturated carbocycles. The molecule has 2 aromatic carbocycles. The van der Waals surface area contributed by atoms with Crippen molar-refractivity contribution in [2.45, 2.75) is 71.1 Å². The fraction of sp³-hybridized carbons (Fsp3) is 0.562. The molecule has 204 valence electrons. The van der Waals surface area contributed by atoms with E-state index in [0.29, 0.717) is 43.8 Å². The maximum Gasteiger partial charge on any atom is 0.312 e. The van der Waals surface area contributed by atoms with Gasteiger partial charge in [0.2, 0.25) is 0 Å². The molecule has 0 radical (unpaired) electrons.